The Balaban J connectivity index is 1.88. The average Bonchev–Trinajstić information content (AvgIpc) is 2.95. The molecular weight excluding hydrogens is 242 g/mol. The van der Waals surface area contributed by atoms with Gasteiger partial charge in [0.2, 0.25) is 0 Å². The molecule has 2 atom stereocenters. The topological polar surface area (TPSA) is 29.9 Å². The van der Waals surface area contributed by atoms with Crippen molar-refractivity contribution >= 4 is 11.8 Å². The molecule has 1 saturated heterocycles. The fourth-order valence-electron chi connectivity index (χ4n) is 2.30. The Hall–Kier alpha value is -0.480. The summed E-state index contributed by atoms with van der Waals surface area (Å²) in [7, 11) is 0. The molecular formula is C14H25N3S. The lowest BCUT2D eigenvalue weighted by atomic mass is 9.86. The summed E-state index contributed by atoms with van der Waals surface area (Å²) in [5.74, 6) is 3.53. The minimum Gasteiger partial charge on any atom is -0.336 e. The average molecular weight is 267 g/mol. The number of aromatic nitrogens is 2. The molecule has 0 saturated carbocycles. The van der Waals surface area contributed by atoms with E-state index in [-0.39, 0.29) is 5.41 Å². The van der Waals surface area contributed by atoms with Gasteiger partial charge in [0.1, 0.15) is 0 Å². The van der Waals surface area contributed by atoms with Crippen LogP contribution in [-0.4, -0.2) is 33.6 Å². The highest BCUT2D eigenvalue weighted by atomic mass is 32.2. The highest BCUT2D eigenvalue weighted by Crippen LogP contribution is 2.25. The van der Waals surface area contributed by atoms with E-state index in [1.54, 1.807) is 0 Å². The van der Waals surface area contributed by atoms with Crippen molar-refractivity contribution in [3.63, 3.8) is 0 Å². The molecule has 102 valence electrons. The molecule has 4 heteroatoms. The van der Waals surface area contributed by atoms with E-state index >= 15 is 0 Å². The highest BCUT2D eigenvalue weighted by molar-refractivity contribution is 7.99. The van der Waals surface area contributed by atoms with E-state index in [1.165, 1.54) is 17.9 Å². The summed E-state index contributed by atoms with van der Waals surface area (Å²) in [5, 5.41) is 3.78. The van der Waals surface area contributed by atoms with Crippen LogP contribution in [0.5, 0.6) is 0 Å². The van der Waals surface area contributed by atoms with Crippen LogP contribution >= 0.6 is 11.8 Å². The lowest BCUT2D eigenvalue weighted by Crippen LogP contribution is -2.45. The third-order valence-corrected chi connectivity index (χ3v) is 4.91. The first-order chi connectivity index (χ1) is 8.55. The molecule has 1 fully saturated rings. The fraction of sp³-hybridized carbons (Fsp3) is 0.786. The van der Waals surface area contributed by atoms with Crippen LogP contribution in [0.1, 0.15) is 27.2 Å². The first-order valence-corrected chi connectivity index (χ1v) is 7.98. The molecule has 0 aromatic carbocycles. The van der Waals surface area contributed by atoms with Gasteiger partial charge < -0.3 is 9.88 Å². The van der Waals surface area contributed by atoms with Crippen molar-refractivity contribution in [3.05, 3.63) is 18.7 Å². The minimum atomic E-state index is 0.274. The van der Waals surface area contributed by atoms with E-state index in [0.717, 1.165) is 19.0 Å². The van der Waals surface area contributed by atoms with Crippen molar-refractivity contribution in [1.82, 2.24) is 14.9 Å². The summed E-state index contributed by atoms with van der Waals surface area (Å²) in [5.41, 5.74) is 0.274. The van der Waals surface area contributed by atoms with Crippen LogP contribution in [-0.2, 0) is 6.54 Å². The molecule has 0 bridgehead atoms. The molecule has 0 spiro atoms. The van der Waals surface area contributed by atoms with Gasteiger partial charge in [-0.2, -0.15) is 11.8 Å². The largest absolute Gasteiger partial charge is 0.336 e. The second-order valence-corrected chi connectivity index (χ2v) is 7.47. The lowest BCUT2D eigenvalue weighted by Gasteiger charge is -2.33. The smallest absolute Gasteiger partial charge is 0.0946 e. The first-order valence-electron chi connectivity index (χ1n) is 6.82. The summed E-state index contributed by atoms with van der Waals surface area (Å²) in [6.07, 6.45) is 7.19. The lowest BCUT2D eigenvalue weighted by molar-refractivity contribution is 0.234. The van der Waals surface area contributed by atoms with Gasteiger partial charge in [-0.3, -0.25) is 0 Å². The van der Waals surface area contributed by atoms with E-state index in [4.69, 9.17) is 0 Å². The molecule has 3 nitrogen and oxygen atoms in total. The summed E-state index contributed by atoms with van der Waals surface area (Å²) in [6, 6.07) is 0.497. The van der Waals surface area contributed by atoms with Crippen LogP contribution in [0, 0.1) is 11.3 Å². The summed E-state index contributed by atoms with van der Waals surface area (Å²) in [6.45, 7) is 9.09. The Morgan fingerprint density at radius 1 is 1.50 bits per heavy atom. The van der Waals surface area contributed by atoms with Crippen LogP contribution in [0.2, 0.25) is 0 Å². The van der Waals surface area contributed by atoms with Gasteiger partial charge in [-0.15, -0.1) is 0 Å². The third-order valence-electron chi connectivity index (χ3n) is 3.67. The summed E-state index contributed by atoms with van der Waals surface area (Å²) < 4.78 is 2.17. The van der Waals surface area contributed by atoms with Crippen molar-refractivity contribution in [2.24, 2.45) is 11.3 Å². The van der Waals surface area contributed by atoms with Gasteiger partial charge >= 0.3 is 0 Å². The van der Waals surface area contributed by atoms with Crippen LogP contribution in [0.4, 0.5) is 0 Å². The molecule has 1 N–H and O–H groups in total. The van der Waals surface area contributed by atoms with Crippen molar-refractivity contribution < 1.29 is 0 Å². The molecule has 1 aromatic heterocycles. The zero-order valence-electron chi connectivity index (χ0n) is 11.7. The zero-order valence-corrected chi connectivity index (χ0v) is 12.5. The van der Waals surface area contributed by atoms with E-state index in [0.29, 0.717) is 6.04 Å². The van der Waals surface area contributed by atoms with E-state index in [1.807, 2.05) is 18.7 Å². The number of nitrogens with one attached hydrogen (secondary N) is 1. The molecule has 0 amide bonds. The number of rotatable bonds is 5. The van der Waals surface area contributed by atoms with Crippen molar-refractivity contribution in [2.75, 3.05) is 18.1 Å². The normalized spacial score (nSPS) is 22.3. The maximum atomic E-state index is 4.13. The summed E-state index contributed by atoms with van der Waals surface area (Å²) >= 11 is 2.09. The third kappa shape index (κ3) is 4.02. The van der Waals surface area contributed by atoms with Gasteiger partial charge in [-0.25, -0.2) is 4.98 Å². The number of thioether (sulfide) groups is 1. The SMILES string of the molecule is CC(C)(C)C(Cn1ccnc1)NCC1CCSC1. The molecule has 18 heavy (non-hydrogen) atoms. The van der Waals surface area contributed by atoms with Gasteiger partial charge in [0.05, 0.1) is 6.33 Å². The van der Waals surface area contributed by atoms with E-state index in [9.17, 15) is 0 Å². The number of nitrogens with zero attached hydrogens (tertiary/aromatic N) is 2. The van der Waals surface area contributed by atoms with E-state index in [2.05, 4.69) is 47.4 Å². The van der Waals surface area contributed by atoms with Crippen molar-refractivity contribution in [1.29, 1.82) is 0 Å². The quantitative estimate of drug-likeness (QED) is 0.889. The Labute approximate surface area is 115 Å². The summed E-state index contributed by atoms with van der Waals surface area (Å²) in [4.78, 5) is 4.13. The molecule has 0 radical (unpaired) electrons. The molecule has 2 unspecified atom stereocenters. The molecule has 1 aromatic rings. The maximum absolute atomic E-state index is 4.13. The Bertz CT molecular complexity index is 336. The van der Waals surface area contributed by atoms with Crippen LogP contribution in [0.25, 0.3) is 0 Å². The monoisotopic (exact) mass is 267 g/mol. The van der Waals surface area contributed by atoms with Crippen molar-refractivity contribution in [3.8, 4) is 0 Å². The second-order valence-electron chi connectivity index (χ2n) is 6.32. The number of imidazole rings is 1. The predicted octanol–water partition coefficient (Wildman–Crippen LogP) is 2.64. The maximum Gasteiger partial charge on any atom is 0.0946 e. The van der Waals surface area contributed by atoms with Crippen molar-refractivity contribution in [2.45, 2.75) is 39.8 Å². The predicted molar refractivity (Wildman–Crippen MR) is 78.9 cm³/mol. The molecule has 2 rings (SSSR count). The fourth-order valence-corrected chi connectivity index (χ4v) is 3.59. The highest BCUT2D eigenvalue weighted by Gasteiger charge is 2.26. The minimum absolute atomic E-state index is 0.274. The number of hydrogen-bond acceptors (Lipinski definition) is 3. The zero-order chi connectivity index (χ0) is 13.0. The van der Waals surface area contributed by atoms with Gasteiger partial charge in [0.15, 0.2) is 0 Å². The Morgan fingerprint density at radius 2 is 2.33 bits per heavy atom. The Kier molecular flexibility index (Phi) is 4.73. The standard InChI is InChI=1S/C14H25N3S/c1-14(2,3)13(9-17-6-5-15-11-17)16-8-12-4-7-18-10-12/h5-6,11-13,16H,4,7-10H2,1-3H3. The Morgan fingerprint density at radius 3 is 2.89 bits per heavy atom. The van der Waals surface area contributed by atoms with Gasteiger partial charge in [0, 0.05) is 25.0 Å². The van der Waals surface area contributed by atoms with Crippen LogP contribution in [0.15, 0.2) is 18.7 Å². The molecule has 1 aliphatic rings. The van der Waals surface area contributed by atoms with Crippen LogP contribution < -0.4 is 5.32 Å². The molecule has 0 aliphatic carbocycles. The van der Waals surface area contributed by atoms with Gasteiger partial charge in [-0.1, -0.05) is 20.8 Å². The first kappa shape index (κ1) is 13.9. The van der Waals surface area contributed by atoms with Gasteiger partial charge in [0.25, 0.3) is 0 Å². The van der Waals surface area contributed by atoms with E-state index < -0.39 is 0 Å². The molecule has 1 aliphatic heterocycles. The second kappa shape index (κ2) is 6.11. The van der Waals surface area contributed by atoms with Crippen LogP contribution in [0.3, 0.4) is 0 Å². The molecule has 2 heterocycles. The van der Waals surface area contributed by atoms with Gasteiger partial charge in [-0.05, 0) is 35.8 Å². The number of hydrogen-bond donors (Lipinski definition) is 1.